The van der Waals surface area contributed by atoms with Gasteiger partial charge >= 0.3 is 0 Å². The fraction of sp³-hybridized carbons (Fsp3) is 0.727. The van der Waals surface area contributed by atoms with Gasteiger partial charge in [0.05, 0.1) is 0 Å². The summed E-state index contributed by atoms with van der Waals surface area (Å²) >= 11 is 0. The van der Waals surface area contributed by atoms with E-state index in [2.05, 4.69) is 4.90 Å². The summed E-state index contributed by atoms with van der Waals surface area (Å²) in [4.78, 5) is 13.5. The summed E-state index contributed by atoms with van der Waals surface area (Å²) in [6.07, 6.45) is 5.86. The maximum atomic E-state index is 11.2. The molecule has 13 heavy (non-hydrogen) atoms. The van der Waals surface area contributed by atoms with Gasteiger partial charge in [0.25, 0.3) is 0 Å². The second kappa shape index (κ2) is 5.18. The predicted molar refractivity (Wildman–Crippen MR) is 54.7 cm³/mol. The van der Waals surface area contributed by atoms with E-state index in [0.717, 1.165) is 25.2 Å². The Morgan fingerprint density at radius 3 is 2.38 bits per heavy atom. The van der Waals surface area contributed by atoms with Crippen LogP contribution in [0.2, 0.25) is 0 Å². The molecule has 1 heterocycles. The molecular weight excluding hydrogens is 162 g/mol. The van der Waals surface area contributed by atoms with Crippen molar-refractivity contribution in [3.8, 4) is 0 Å². The Morgan fingerprint density at radius 1 is 1.31 bits per heavy atom. The third-order valence-corrected chi connectivity index (χ3v) is 2.64. The first-order valence-corrected chi connectivity index (χ1v) is 5.12. The molecule has 0 radical (unpaired) electrons. The lowest BCUT2D eigenvalue weighted by Crippen LogP contribution is -2.32. The molecule has 1 rings (SSSR count). The van der Waals surface area contributed by atoms with Crippen LogP contribution in [-0.2, 0) is 4.79 Å². The van der Waals surface area contributed by atoms with Crippen LogP contribution in [0.1, 0.15) is 33.1 Å². The predicted octanol–water partition coefficient (Wildman–Crippen LogP) is 2.01. The van der Waals surface area contributed by atoms with Crippen molar-refractivity contribution in [2.75, 3.05) is 19.6 Å². The smallest absolute Gasteiger partial charge is 0.156 e. The van der Waals surface area contributed by atoms with Crippen molar-refractivity contribution < 1.29 is 4.79 Å². The van der Waals surface area contributed by atoms with Crippen molar-refractivity contribution in [1.82, 2.24) is 4.90 Å². The summed E-state index contributed by atoms with van der Waals surface area (Å²) < 4.78 is 0. The molecule has 0 spiro atoms. The van der Waals surface area contributed by atoms with Crippen LogP contribution in [0.15, 0.2) is 11.6 Å². The number of piperidine rings is 1. The second-order valence-electron chi connectivity index (χ2n) is 3.71. The highest BCUT2D eigenvalue weighted by Gasteiger charge is 2.12. The number of allylic oxidation sites excluding steroid dienone is 1. The summed E-state index contributed by atoms with van der Waals surface area (Å²) in [6.45, 7) is 6.76. The maximum Gasteiger partial charge on any atom is 0.156 e. The topological polar surface area (TPSA) is 20.3 Å². The molecule has 0 N–H and O–H groups in total. The molecular formula is C11H19NO. The molecule has 1 aliphatic heterocycles. The van der Waals surface area contributed by atoms with Gasteiger partial charge in [-0.3, -0.25) is 9.69 Å². The molecule has 0 bridgehead atoms. The van der Waals surface area contributed by atoms with Crippen molar-refractivity contribution in [2.24, 2.45) is 0 Å². The highest BCUT2D eigenvalue weighted by atomic mass is 16.1. The number of Topliss-reactive ketones (excluding diaryl/α,β-unsaturated/α-hetero) is 1. The van der Waals surface area contributed by atoms with E-state index in [1.54, 1.807) is 6.92 Å². The normalized spacial score (nSPS) is 20.3. The average molecular weight is 181 g/mol. The van der Waals surface area contributed by atoms with E-state index in [1.807, 2.05) is 13.0 Å². The molecule has 2 nitrogen and oxygen atoms in total. The number of hydrogen-bond donors (Lipinski definition) is 0. The molecule has 1 fully saturated rings. The number of carbonyl (C=O) groups excluding carboxylic acids is 1. The van der Waals surface area contributed by atoms with Gasteiger partial charge < -0.3 is 0 Å². The lowest BCUT2D eigenvalue weighted by atomic mass is 10.1. The minimum atomic E-state index is 0.216. The van der Waals surface area contributed by atoms with Crippen LogP contribution < -0.4 is 0 Å². The first-order valence-electron chi connectivity index (χ1n) is 5.12. The van der Waals surface area contributed by atoms with Crippen LogP contribution in [0.25, 0.3) is 0 Å². The summed E-state index contributed by atoms with van der Waals surface area (Å²) in [5.41, 5.74) is 0.960. The number of likely N-dealkylation sites (tertiary alicyclic amines) is 1. The Hall–Kier alpha value is -0.630. The first-order chi connectivity index (χ1) is 6.24. The van der Waals surface area contributed by atoms with Crippen LogP contribution in [0.3, 0.4) is 0 Å². The van der Waals surface area contributed by atoms with Crippen molar-refractivity contribution in [1.29, 1.82) is 0 Å². The van der Waals surface area contributed by atoms with Crippen LogP contribution >= 0.6 is 0 Å². The molecule has 0 saturated carbocycles. The van der Waals surface area contributed by atoms with Crippen molar-refractivity contribution in [2.45, 2.75) is 33.1 Å². The molecule has 0 atom stereocenters. The third kappa shape index (κ3) is 3.31. The number of nitrogens with zero attached hydrogens (tertiary/aromatic N) is 1. The zero-order valence-corrected chi connectivity index (χ0v) is 8.68. The van der Waals surface area contributed by atoms with Gasteiger partial charge in [-0.2, -0.15) is 0 Å². The molecule has 0 aromatic carbocycles. The molecule has 0 aromatic rings. The SMILES string of the molecule is C/C=C(/CN1CCCCC1)C(C)=O. The minimum absolute atomic E-state index is 0.216. The van der Waals surface area contributed by atoms with Crippen LogP contribution in [0, 0.1) is 0 Å². The highest BCUT2D eigenvalue weighted by molar-refractivity contribution is 5.93. The molecule has 74 valence electrons. The van der Waals surface area contributed by atoms with E-state index >= 15 is 0 Å². The Labute approximate surface area is 80.6 Å². The van der Waals surface area contributed by atoms with E-state index in [9.17, 15) is 4.79 Å². The van der Waals surface area contributed by atoms with Crippen molar-refractivity contribution in [3.63, 3.8) is 0 Å². The Kier molecular flexibility index (Phi) is 4.16. The summed E-state index contributed by atoms with van der Waals surface area (Å²) in [5.74, 6) is 0.216. The lowest BCUT2D eigenvalue weighted by Gasteiger charge is -2.26. The van der Waals surface area contributed by atoms with Gasteiger partial charge in [-0.1, -0.05) is 12.5 Å². The van der Waals surface area contributed by atoms with Gasteiger partial charge in [0.1, 0.15) is 0 Å². The molecule has 0 unspecified atom stereocenters. The van der Waals surface area contributed by atoms with Crippen molar-refractivity contribution in [3.05, 3.63) is 11.6 Å². The average Bonchev–Trinajstić information content (AvgIpc) is 2.15. The molecule has 1 aliphatic rings. The Bertz CT molecular complexity index is 202. The number of rotatable bonds is 3. The molecule has 0 aromatic heterocycles. The monoisotopic (exact) mass is 181 g/mol. The fourth-order valence-electron chi connectivity index (χ4n) is 1.76. The number of ketones is 1. The molecule has 2 heteroatoms. The van der Waals surface area contributed by atoms with E-state index in [0.29, 0.717) is 0 Å². The maximum absolute atomic E-state index is 11.2. The van der Waals surface area contributed by atoms with Crippen LogP contribution in [-0.4, -0.2) is 30.3 Å². The van der Waals surface area contributed by atoms with Gasteiger partial charge in [0.15, 0.2) is 5.78 Å². The quantitative estimate of drug-likeness (QED) is 0.621. The van der Waals surface area contributed by atoms with E-state index in [-0.39, 0.29) is 5.78 Å². The Morgan fingerprint density at radius 2 is 1.92 bits per heavy atom. The van der Waals surface area contributed by atoms with Crippen LogP contribution in [0.5, 0.6) is 0 Å². The van der Waals surface area contributed by atoms with Crippen molar-refractivity contribution >= 4 is 5.78 Å². The van der Waals surface area contributed by atoms with Gasteiger partial charge in [0.2, 0.25) is 0 Å². The third-order valence-electron chi connectivity index (χ3n) is 2.64. The summed E-state index contributed by atoms with van der Waals surface area (Å²) in [5, 5.41) is 0. The van der Waals surface area contributed by atoms with Crippen LogP contribution in [0.4, 0.5) is 0 Å². The zero-order valence-electron chi connectivity index (χ0n) is 8.68. The summed E-state index contributed by atoms with van der Waals surface area (Å²) in [6, 6.07) is 0. The number of carbonyl (C=O) groups is 1. The van der Waals surface area contributed by atoms with E-state index in [4.69, 9.17) is 0 Å². The zero-order chi connectivity index (χ0) is 9.68. The van der Waals surface area contributed by atoms with E-state index in [1.165, 1.54) is 19.3 Å². The first kappa shape index (κ1) is 10.5. The van der Waals surface area contributed by atoms with Gasteiger partial charge in [-0.05, 0) is 39.8 Å². The Balaban J connectivity index is 2.41. The molecule has 0 aliphatic carbocycles. The van der Waals surface area contributed by atoms with Gasteiger partial charge in [-0.15, -0.1) is 0 Å². The second-order valence-corrected chi connectivity index (χ2v) is 3.71. The largest absolute Gasteiger partial charge is 0.299 e. The fourth-order valence-corrected chi connectivity index (χ4v) is 1.76. The van der Waals surface area contributed by atoms with E-state index < -0.39 is 0 Å². The highest BCUT2D eigenvalue weighted by Crippen LogP contribution is 2.10. The molecule has 0 amide bonds. The number of hydrogen-bond acceptors (Lipinski definition) is 2. The summed E-state index contributed by atoms with van der Waals surface area (Å²) in [7, 11) is 0. The van der Waals surface area contributed by atoms with Gasteiger partial charge in [-0.25, -0.2) is 0 Å². The lowest BCUT2D eigenvalue weighted by molar-refractivity contribution is -0.113. The molecule has 1 saturated heterocycles. The van der Waals surface area contributed by atoms with Gasteiger partial charge in [0, 0.05) is 12.1 Å². The minimum Gasteiger partial charge on any atom is -0.299 e. The standard InChI is InChI=1S/C11H19NO/c1-3-11(10(2)13)9-12-7-5-4-6-8-12/h3H,4-9H2,1-2H3/b11-3-.